The lowest BCUT2D eigenvalue weighted by atomic mass is 10.0. The maximum absolute atomic E-state index is 12.6. The van der Waals surface area contributed by atoms with E-state index in [-0.39, 0.29) is 28.4 Å². The summed E-state index contributed by atoms with van der Waals surface area (Å²) in [5, 5.41) is 8.93. The average Bonchev–Trinajstić information content (AvgIpc) is 2.26. The Kier molecular flexibility index (Phi) is 3.86. The van der Waals surface area contributed by atoms with Crippen molar-refractivity contribution in [1.29, 1.82) is 5.26 Å². The molecule has 0 amide bonds. The average molecular weight is 275 g/mol. The summed E-state index contributed by atoms with van der Waals surface area (Å²) in [5.41, 5.74) is -0.812. The van der Waals surface area contributed by atoms with E-state index >= 15 is 0 Å². The van der Waals surface area contributed by atoms with Crippen LogP contribution in [0, 0.1) is 11.3 Å². The molecule has 0 radical (unpaired) electrons. The smallest absolute Gasteiger partial charge is 0.265 e. The fourth-order valence-corrected chi connectivity index (χ4v) is 1.56. The van der Waals surface area contributed by atoms with E-state index in [1.807, 2.05) is 0 Å². The molecule has 0 fully saturated rings. The van der Waals surface area contributed by atoms with E-state index in [1.54, 1.807) is 6.07 Å². The van der Waals surface area contributed by atoms with Gasteiger partial charge in [-0.1, -0.05) is 15.9 Å². The second-order valence-corrected chi connectivity index (χ2v) is 3.17. The summed E-state index contributed by atoms with van der Waals surface area (Å²) < 4.78 is 25.3. The zero-order chi connectivity index (χ0) is 11.4. The van der Waals surface area contributed by atoms with E-state index in [4.69, 9.17) is 5.26 Å². The van der Waals surface area contributed by atoms with Gasteiger partial charge in [0.1, 0.15) is 6.07 Å². The third kappa shape index (κ3) is 2.18. The Labute approximate surface area is 92.9 Å². The summed E-state index contributed by atoms with van der Waals surface area (Å²) in [6, 6.07) is 1.64. The number of alkyl halides is 3. The molecule has 1 aromatic heterocycles. The number of halogens is 3. The number of carbonyl (C=O) groups excluding carboxylic acids is 1. The molecule has 0 unspecified atom stereocenters. The fourth-order valence-electron chi connectivity index (χ4n) is 1.14. The highest BCUT2D eigenvalue weighted by Gasteiger charge is 2.21. The maximum atomic E-state index is 12.6. The highest BCUT2D eigenvalue weighted by atomic mass is 79.9. The van der Waals surface area contributed by atoms with E-state index in [2.05, 4.69) is 20.9 Å². The number of nitriles is 1. The summed E-state index contributed by atoms with van der Waals surface area (Å²) in [6.07, 6.45) is -1.54. The van der Waals surface area contributed by atoms with Gasteiger partial charge in [-0.05, 0) is 0 Å². The predicted molar refractivity (Wildman–Crippen MR) is 51.9 cm³/mol. The van der Waals surface area contributed by atoms with Crippen molar-refractivity contribution in [3.63, 3.8) is 0 Å². The lowest BCUT2D eigenvalue weighted by Gasteiger charge is -2.08. The van der Waals surface area contributed by atoms with Crippen LogP contribution in [0.4, 0.5) is 8.78 Å². The van der Waals surface area contributed by atoms with Gasteiger partial charge in [0.15, 0.2) is 6.29 Å². The van der Waals surface area contributed by atoms with Crippen LogP contribution in [0.2, 0.25) is 0 Å². The second-order valence-electron chi connectivity index (χ2n) is 2.61. The first-order valence-corrected chi connectivity index (χ1v) is 4.99. The Morgan fingerprint density at radius 2 is 2.33 bits per heavy atom. The Morgan fingerprint density at radius 1 is 1.67 bits per heavy atom. The van der Waals surface area contributed by atoms with Gasteiger partial charge in [-0.2, -0.15) is 5.26 Å². The molecule has 0 atom stereocenters. The van der Waals surface area contributed by atoms with Crippen molar-refractivity contribution in [3.8, 4) is 6.07 Å². The van der Waals surface area contributed by atoms with Crippen LogP contribution < -0.4 is 0 Å². The molecule has 0 aliphatic rings. The third-order valence-corrected chi connectivity index (χ3v) is 2.34. The third-order valence-electron chi connectivity index (χ3n) is 1.81. The first kappa shape index (κ1) is 11.7. The van der Waals surface area contributed by atoms with E-state index in [0.717, 1.165) is 6.20 Å². The van der Waals surface area contributed by atoms with E-state index in [0.29, 0.717) is 0 Å². The van der Waals surface area contributed by atoms with Crippen molar-refractivity contribution in [2.24, 2.45) is 0 Å². The van der Waals surface area contributed by atoms with Crippen molar-refractivity contribution >= 4 is 22.2 Å². The standard InChI is InChI=1S/C9H5BrF2N2O/c10-1-7-6(2-13)8(9(11)12)5(4-15)3-14-7/h3-4,9H,1H2. The van der Waals surface area contributed by atoms with Crippen LogP contribution in [-0.2, 0) is 5.33 Å². The molecule has 1 heterocycles. The first-order chi connectivity index (χ1) is 7.15. The first-order valence-electron chi connectivity index (χ1n) is 3.86. The van der Waals surface area contributed by atoms with Gasteiger partial charge in [-0.25, -0.2) is 8.78 Å². The molecule has 0 aliphatic carbocycles. The van der Waals surface area contributed by atoms with E-state index in [9.17, 15) is 13.6 Å². The number of aromatic nitrogens is 1. The molecular formula is C9H5BrF2N2O. The molecule has 6 heteroatoms. The SMILES string of the molecule is N#Cc1c(CBr)ncc(C=O)c1C(F)F. The molecule has 1 aromatic rings. The summed E-state index contributed by atoms with van der Waals surface area (Å²) in [6.45, 7) is 0. The highest BCUT2D eigenvalue weighted by Crippen LogP contribution is 2.27. The van der Waals surface area contributed by atoms with E-state index < -0.39 is 12.0 Å². The largest absolute Gasteiger partial charge is 0.298 e. The minimum absolute atomic E-state index is 0.189. The van der Waals surface area contributed by atoms with E-state index in [1.165, 1.54) is 0 Å². The molecule has 0 saturated heterocycles. The summed E-state index contributed by atoms with van der Waals surface area (Å²) in [4.78, 5) is 14.3. The van der Waals surface area contributed by atoms with Crippen molar-refractivity contribution in [2.45, 2.75) is 11.8 Å². The number of carbonyl (C=O) groups is 1. The van der Waals surface area contributed by atoms with Crippen molar-refractivity contribution in [3.05, 3.63) is 28.6 Å². The van der Waals surface area contributed by atoms with Gasteiger partial charge in [-0.15, -0.1) is 0 Å². The summed E-state index contributed by atoms with van der Waals surface area (Å²) >= 11 is 3.03. The van der Waals surface area contributed by atoms with Gasteiger partial charge in [0, 0.05) is 22.7 Å². The molecular weight excluding hydrogens is 270 g/mol. The maximum Gasteiger partial charge on any atom is 0.265 e. The van der Waals surface area contributed by atoms with Gasteiger partial charge >= 0.3 is 0 Å². The Morgan fingerprint density at radius 3 is 2.73 bits per heavy atom. The molecule has 0 spiro atoms. The van der Waals surface area contributed by atoms with Crippen LogP contribution in [0.15, 0.2) is 6.20 Å². The summed E-state index contributed by atoms with van der Waals surface area (Å²) in [5.74, 6) is 0. The number of pyridine rings is 1. The Hall–Kier alpha value is -1.35. The molecule has 0 aromatic carbocycles. The molecule has 3 nitrogen and oxygen atoms in total. The fraction of sp³-hybridized carbons (Fsp3) is 0.222. The minimum atomic E-state index is -2.86. The van der Waals surface area contributed by atoms with Crippen molar-refractivity contribution in [2.75, 3.05) is 0 Å². The molecule has 15 heavy (non-hydrogen) atoms. The number of hydrogen-bond donors (Lipinski definition) is 0. The number of aldehydes is 1. The quantitative estimate of drug-likeness (QED) is 0.629. The molecule has 0 N–H and O–H groups in total. The Balaban J connectivity index is 3.53. The number of nitrogens with zero attached hydrogens (tertiary/aromatic N) is 2. The molecule has 0 saturated carbocycles. The monoisotopic (exact) mass is 274 g/mol. The normalized spacial score (nSPS) is 10.1. The van der Waals surface area contributed by atoms with Crippen LogP contribution in [0.25, 0.3) is 0 Å². The summed E-state index contributed by atoms with van der Waals surface area (Å²) in [7, 11) is 0. The van der Waals surface area contributed by atoms with Crippen LogP contribution in [-0.4, -0.2) is 11.3 Å². The highest BCUT2D eigenvalue weighted by molar-refractivity contribution is 9.08. The number of rotatable bonds is 3. The van der Waals surface area contributed by atoms with Crippen molar-refractivity contribution < 1.29 is 13.6 Å². The Bertz CT molecular complexity index is 429. The topological polar surface area (TPSA) is 53.8 Å². The lowest BCUT2D eigenvalue weighted by Crippen LogP contribution is -2.03. The van der Waals surface area contributed by atoms with Gasteiger partial charge in [-0.3, -0.25) is 9.78 Å². The minimum Gasteiger partial charge on any atom is -0.298 e. The number of hydrogen-bond acceptors (Lipinski definition) is 3. The van der Waals surface area contributed by atoms with Crippen LogP contribution in [0.3, 0.4) is 0 Å². The van der Waals surface area contributed by atoms with Crippen LogP contribution in [0.5, 0.6) is 0 Å². The lowest BCUT2D eigenvalue weighted by molar-refractivity contribution is 0.110. The molecule has 0 bridgehead atoms. The molecule has 1 rings (SSSR count). The molecule has 0 aliphatic heterocycles. The van der Waals surface area contributed by atoms with Gasteiger partial charge < -0.3 is 0 Å². The zero-order valence-corrected chi connectivity index (χ0v) is 8.96. The second kappa shape index (κ2) is 4.94. The van der Waals surface area contributed by atoms with Crippen molar-refractivity contribution in [1.82, 2.24) is 4.98 Å². The van der Waals surface area contributed by atoms with Crippen LogP contribution in [0.1, 0.15) is 33.6 Å². The predicted octanol–water partition coefficient (Wildman–Crippen LogP) is 2.60. The van der Waals surface area contributed by atoms with Crippen LogP contribution >= 0.6 is 15.9 Å². The van der Waals surface area contributed by atoms with Gasteiger partial charge in [0.25, 0.3) is 6.43 Å². The van der Waals surface area contributed by atoms with Gasteiger partial charge in [0.05, 0.1) is 11.3 Å². The van der Waals surface area contributed by atoms with Gasteiger partial charge in [0.2, 0.25) is 0 Å². The zero-order valence-electron chi connectivity index (χ0n) is 7.38. The molecule has 78 valence electrons.